The van der Waals surface area contributed by atoms with E-state index < -0.39 is 0 Å². The second-order valence-electron chi connectivity index (χ2n) is 5.75. The van der Waals surface area contributed by atoms with Crippen LogP contribution in [0.1, 0.15) is 27.2 Å². The van der Waals surface area contributed by atoms with Crippen molar-refractivity contribution >= 4 is 22.5 Å². The Bertz CT molecular complexity index is 913. The summed E-state index contributed by atoms with van der Waals surface area (Å²) in [5.41, 5.74) is 4.49. The van der Waals surface area contributed by atoms with Gasteiger partial charge in [0, 0.05) is 22.8 Å². The van der Waals surface area contributed by atoms with Crippen molar-refractivity contribution in [3.05, 3.63) is 70.7 Å². The maximum atomic E-state index is 13.4. The molecule has 116 valence electrons. The van der Waals surface area contributed by atoms with Crippen molar-refractivity contribution in [1.82, 2.24) is 4.98 Å². The average Bonchev–Trinajstić information content (AvgIpc) is 2.49. The van der Waals surface area contributed by atoms with Crippen LogP contribution in [0.25, 0.3) is 10.9 Å². The Morgan fingerprint density at radius 3 is 2.61 bits per heavy atom. The van der Waals surface area contributed by atoms with Crippen molar-refractivity contribution in [2.24, 2.45) is 0 Å². The number of anilines is 1. The number of aromatic nitrogens is 1. The Labute approximate surface area is 134 Å². The van der Waals surface area contributed by atoms with Crippen LogP contribution < -0.4 is 5.32 Å². The van der Waals surface area contributed by atoms with Crippen LogP contribution in [0, 0.1) is 26.6 Å². The molecule has 4 heteroatoms. The third-order valence-corrected chi connectivity index (χ3v) is 3.79. The SMILES string of the molecule is Cc1ccc(C)c(NC(=O)c2cc(C)nc3cc(F)ccc23)c1. The van der Waals surface area contributed by atoms with Crippen LogP contribution in [0.5, 0.6) is 0 Å². The Kier molecular flexibility index (Phi) is 3.82. The van der Waals surface area contributed by atoms with Crippen LogP contribution in [-0.2, 0) is 0 Å². The normalized spacial score (nSPS) is 10.8. The van der Waals surface area contributed by atoms with E-state index in [2.05, 4.69) is 10.3 Å². The predicted octanol–water partition coefficient (Wildman–Crippen LogP) is 4.55. The number of halogens is 1. The van der Waals surface area contributed by atoms with Crippen LogP contribution in [0.3, 0.4) is 0 Å². The van der Waals surface area contributed by atoms with Crippen LogP contribution in [0.4, 0.5) is 10.1 Å². The number of carbonyl (C=O) groups is 1. The summed E-state index contributed by atoms with van der Waals surface area (Å²) >= 11 is 0. The molecule has 0 unspecified atom stereocenters. The number of nitrogens with one attached hydrogen (secondary N) is 1. The number of hydrogen-bond donors (Lipinski definition) is 1. The summed E-state index contributed by atoms with van der Waals surface area (Å²) in [5, 5.41) is 3.58. The molecule has 3 aromatic rings. The van der Waals surface area contributed by atoms with Gasteiger partial charge in [-0.2, -0.15) is 0 Å². The number of carbonyl (C=O) groups excluding carboxylic acids is 1. The summed E-state index contributed by atoms with van der Waals surface area (Å²) in [6.07, 6.45) is 0. The van der Waals surface area contributed by atoms with Gasteiger partial charge in [0.1, 0.15) is 5.82 Å². The lowest BCUT2D eigenvalue weighted by Gasteiger charge is -2.11. The van der Waals surface area contributed by atoms with E-state index in [9.17, 15) is 9.18 Å². The van der Waals surface area contributed by atoms with Gasteiger partial charge in [-0.3, -0.25) is 9.78 Å². The Morgan fingerprint density at radius 2 is 1.83 bits per heavy atom. The van der Waals surface area contributed by atoms with Gasteiger partial charge >= 0.3 is 0 Å². The van der Waals surface area contributed by atoms with E-state index in [1.807, 2.05) is 32.0 Å². The molecule has 0 saturated heterocycles. The third-order valence-electron chi connectivity index (χ3n) is 3.79. The molecule has 0 saturated carbocycles. The lowest BCUT2D eigenvalue weighted by Crippen LogP contribution is -2.14. The first-order valence-corrected chi connectivity index (χ1v) is 7.39. The van der Waals surface area contributed by atoms with Gasteiger partial charge in [0.15, 0.2) is 0 Å². The first-order valence-electron chi connectivity index (χ1n) is 7.39. The fourth-order valence-corrected chi connectivity index (χ4v) is 2.58. The van der Waals surface area contributed by atoms with E-state index in [-0.39, 0.29) is 11.7 Å². The van der Waals surface area contributed by atoms with Gasteiger partial charge in [0.05, 0.1) is 11.1 Å². The lowest BCUT2D eigenvalue weighted by molar-refractivity contribution is 0.102. The highest BCUT2D eigenvalue weighted by molar-refractivity contribution is 6.12. The van der Waals surface area contributed by atoms with Gasteiger partial charge in [0.25, 0.3) is 5.91 Å². The van der Waals surface area contributed by atoms with Crippen molar-refractivity contribution in [2.75, 3.05) is 5.32 Å². The average molecular weight is 308 g/mol. The van der Waals surface area contributed by atoms with Crippen molar-refractivity contribution in [3.8, 4) is 0 Å². The zero-order valence-electron chi connectivity index (χ0n) is 13.3. The standard InChI is InChI=1S/C19H17FN2O/c1-11-4-5-12(2)17(8-11)22-19(23)16-9-13(3)21-18-10-14(20)6-7-15(16)18/h4-10H,1-3H3,(H,22,23). The fraction of sp³-hybridized carbons (Fsp3) is 0.158. The molecular weight excluding hydrogens is 291 g/mol. The van der Waals surface area contributed by atoms with Gasteiger partial charge in [-0.25, -0.2) is 4.39 Å². The van der Waals surface area contributed by atoms with Gasteiger partial charge < -0.3 is 5.32 Å². The number of hydrogen-bond acceptors (Lipinski definition) is 2. The van der Waals surface area contributed by atoms with Gasteiger partial charge in [-0.1, -0.05) is 12.1 Å². The summed E-state index contributed by atoms with van der Waals surface area (Å²) in [5.74, 6) is -0.586. The number of nitrogens with zero attached hydrogens (tertiary/aromatic N) is 1. The molecule has 3 rings (SSSR count). The number of amides is 1. The summed E-state index contributed by atoms with van der Waals surface area (Å²) in [6.45, 7) is 5.71. The third kappa shape index (κ3) is 3.06. The van der Waals surface area contributed by atoms with Crippen molar-refractivity contribution in [2.45, 2.75) is 20.8 Å². The second kappa shape index (κ2) is 5.80. The quantitative estimate of drug-likeness (QED) is 0.754. The first-order chi connectivity index (χ1) is 10.9. The summed E-state index contributed by atoms with van der Waals surface area (Å²) in [7, 11) is 0. The molecule has 1 aromatic heterocycles. The number of benzene rings is 2. The molecule has 3 nitrogen and oxygen atoms in total. The maximum Gasteiger partial charge on any atom is 0.256 e. The minimum atomic E-state index is -0.364. The van der Waals surface area contributed by atoms with Crippen molar-refractivity contribution in [3.63, 3.8) is 0 Å². The van der Waals surface area contributed by atoms with E-state index in [1.165, 1.54) is 12.1 Å². The van der Waals surface area contributed by atoms with Crippen molar-refractivity contribution < 1.29 is 9.18 Å². The minimum absolute atomic E-state index is 0.221. The molecule has 0 spiro atoms. The summed E-state index contributed by atoms with van der Waals surface area (Å²) in [6, 6.07) is 11.9. The zero-order chi connectivity index (χ0) is 16.6. The predicted molar refractivity (Wildman–Crippen MR) is 90.3 cm³/mol. The number of aryl methyl sites for hydroxylation is 3. The molecule has 2 aromatic carbocycles. The zero-order valence-corrected chi connectivity index (χ0v) is 13.3. The lowest BCUT2D eigenvalue weighted by atomic mass is 10.1. The maximum absolute atomic E-state index is 13.4. The largest absolute Gasteiger partial charge is 0.322 e. The Hall–Kier alpha value is -2.75. The van der Waals surface area contributed by atoms with Crippen LogP contribution in [-0.4, -0.2) is 10.9 Å². The topological polar surface area (TPSA) is 42.0 Å². The Morgan fingerprint density at radius 1 is 1.04 bits per heavy atom. The molecule has 0 aliphatic carbocycles. The molecular formula is C19H17FN2O. The molecule has 1 N–H and O–H groups in total. The highest BCUT2D eigenvalue weighted by Crippen LogP contribution is 2.22. The highest BCUT2D eigenvalue weighted by atomic mass is 19.1. The molecule has 1 heterocycles. The van der Waals surface area contributed by atoms with Crippen LogP contribution in [0.2, 0.25) is 0 Å². The van der Waals surface area contributed by atoms with E-state index in [0.717, 1.165) is 16.8 Å². The molecule has 0 atom stereocenters. The number of pyridine rings is 1. The minimum Gasteiger partial charge on any atom is -0.322 e. The van der Waals surface area contributed by atoms with Gasteiger partial charge in [-0.05, 0) is 56.2 Å². The summed E-state index contributed by atoms with van der Waals surface area (Å²) < 4.78 is 13.4. The molecule has 23 heavy (non-hydrogen) atoms. The Balaban J connectivity index is 2.05. The highest BCUT2D eigenvalue weighted by Gasteiger charge is 2.14. The molecule has 0 fully saturated rings. The van der Waals surface area contributed by atoms with E-state index >= 15 is 0 Å². The molecule has 0 bridgehead atoms. The van der Waals surface area contributed by atoms with E-state index in [0.29, 0.717) is 22.2 Å². The first kappa shape index (κ1) is 15.2. The number of rotatable bonds is 2. The molecule has 0 radical (unpaired) electrons. The van der Waals surface area contributed by atoms with E-state index in [1.54, 1.807) is 19.1 Å². The monoisotopic (exact) mass is 308 g/mol. The molecule has 1 amide bonds. The van der Waals surface area contributed by atoms with Crippen LogP contribution in [0.15, 0.2) is 42.5 Å². The molecule has 0 aliphatic heterocycles. The van der Waals surface area contributed by atoms with Gasteiger partial charge in [-0.15, -0.1) is 0 Å². The number of fused-ring (bicyclic) bond motifs is 1. The second-order valence-corrected chi connectivity index (χ2v) is 5.75. The fourth-order valence-electron chi connectivity index (χ4n) is 2.58. The van der Waals surface area contributed by atoms with Crippen molar-refractivity contribution in [1.29, 1.82) is 0 Å². The smallest absolute Gasteiger partial charge is 0.256 e. The summed E-state index contributed by atoms with van der Waals surface area (Å²) in [4.78, 5) is 17.0. The molecule has 0 aliphatic rings. The van der Waals surface area contributed by atoms with Crippen LogP contribution >= 0.6 is 0 Å². The van der Waals surface area contributed by atoms with E-state index in [4.69, 9.17) is 0 Å². The van der Waals surface area contributed by atoms with Gasteiger partial charge in [0.2, 0.25) is 0 Å².